The van der Waals surface area contributed by atoms with Crippen LogP contribution in [0.25, 0.3) is 82.8 Å². The van der Waals surface area contributed by atoms with Gasteiger partial charge in [0, 0.05) is 33.0 Å². The zero-order chi connectivity index (χ0) is 35.1. The molecule has 0 bridgehead atoms. The van der Waals surface area contributed by atoms with E-state index < -0.39 is 0 Å². The molecule has 9 aromatic rings. The molecular formula is C47H42N3O+. The maximum absolute atomic E-state index is 7.12. The predicted octanol–water partition coefficient (Wildman–Crippen LogP) is 12.3. The van der Waals surface area contributed by atoms with Crippen molar-refractivity contribution in [2.45, 2.75) is 53.4 Å². The molecule has 3 heterocycles. The molecule has 0 fully saturated rings. The van der Waals surface area contributed by atoms with Gasteiger partial charge in [0.25, 0.3) is 5.82 Å². The number of hydrogen-bond acceptors (Lipinski definition) is 2. The van der Waals surface area contributed by atoms with Gasteiger partial charge >= 0.3 is 0 Å². The van der Waals surface area contributed by atoms with Crippen LogP contribution in [-0.4, -0.2) is 9.55 Å². The minimum absolute atomic E-state index is 0.289. The molecule has 9 rings (SSSR count). The number of pyridine rings is 1. The number of aryl methyl sites for hydroxylation is 3. The van der Waals surface area contributed by atoms with Crippen molar-refractivity contribution in [3.63, 3.8) is 0 Å². The maximum atomic E-state index is 7.12. The number of hydrogen-bond donors (Lipinski definition) is 0. The minimum atomic E-state index is 0.289. The lowest BCUT2D eigenvalue weighted by Crippen LogP contribution is -2.30. The lowest BCUT2D eigenvalue weighted by molar-refractivity contribution is -0.633. The van der Waals surface area contributed by atoms with Crippen LogP contribution in [0, 0.1) is 13.8 Å². The van der Waals surface area contributed by atoms with Crippen molar-refractivity contribution in [3.8, 4) is 28.2 Å². The fourth-order valence-corrected chi connectivity index (χ4v) is 8.33. The molecular weight excluding hydrogens is 623 g/mol. The second-order valence-corrected chi connectivity index (χ2v) is 14.7. The van der Waals surface area contributed by atoms with Gasteiger partial charge in [-0.15, -0.1) is 0 Å². The number of benzene rings is 6. The van der Waals surface area contributed by atoms with E-state index in [0.717, 1.165) is 55.5 Å². The summed E-state index contributed by atoms with van der Waals surface area (Å²) >= 11 is 0. The third-order valence-electron chi connectivity index (χ3n) is 10.8. The maximum Gasteiger partial charge on any atom is 0.299 e. The van der Waals surface area contributed by atoms with Crippen molar-refractivity contribution in [2.24, 2.45) is 7.05 Å². The second-order valence-electron chi connectivity index (χ2n) is 14.7. The smallest absolute Gasteiger partial charge is 0.299 e. The summed E-state index contributed by atoms with van der Waals surface area (Å²) < 4.78 is 12.0. The Hall–Kier alpha value is -5.74. The van der Waals surface area contributed by atoms with E-state index in [4.69, 9.17) is 9.40 Å². The molecule has 0 aliphatic carbocycles. The molecule has 3 aromatic heterocycles. The van der Waals surface area contributed by atoms with E-state index in [1.165, 1.54) is 49.7 Å². The first-order chi connectivity index (χ1) is 24.7. The van der Waals surface area contributed by atoms with Gasteiger partial charge in [-0.2, -0.15) is 4.57 Å². The first kappa shape index (κ1) is 31.3. The van der Waals surface area contributed by atoms with Crippen LogP contribution in [0.1, 0.15) is 61.9 Å². The van der Waals surface area contributed by atoms with Gasteiger partial charge in [-0.1, -0.05) is 107 Å². The Kier molecular flexibility index (Phi) is 7.15. The van der Waals surface area contributed by atoms with E-state index in [0.29, 0.717) is 0 Å². The van der Waals surface area contributed by atoms with Crippen molar-refractivity contribution in [2.75, 3.05) is 0 Å². The molecule has 0 aliphatic heterocycles. The van der Waals surface area contributed by atoms with Crippen LogP contribution in [0.2, 0.25) is 0 Å². The molecule has 4 heteroatoms. The number of imidazole rings is 1. The van der Waals surface area contributed by atoms with Crippen molar-refractivity contribution in [1.29, 1.82) is 0 Å². The van der Waals surface area contributed by atoms with E-state index in [9.17, 15) is 0 Å². The van der Waals surface area contributed by atoms with Crippen molar-refractivity contribution >= 4 is 54.6 Å². The Bertz CT molecular complexity index is 2810. The van der Waals surface area contributed by atoms with Gasteiger partial charge in [0.2, 0.25) is 0 Å². The molecule has 0 unspecified atom stereocenters. The number of furan rings is 1. The fourth-order valence-electron chi connectivity index (χ4n) is 8.33. The molecule has 0 saturated carbocycles. The highest BCUT2D eigenvalue weighted by atomic mass is 16.3. The Morgan fingerprint density at radius 2 is 1.31 bits per heavy atom. The standard InChI is InChI=1S/C47H42N3O/c1-27(2)37-25-33(31-15-9-8-10-16-31)26-38(28(3)4)44(37)50-40-20-14-13-19-39(40)49(7)47(50)41-29(5)21-23-36-43-46(51-45(36)41)35-24-22-32-17-11-12-18-34(32)42(35)30(6)48-43/h8-28H,1-7H3/q+1. The monoisotopic (exact) mass is 664 g/mol. The molecule has 0 radical (unpaired) electrons. The molecule has 0 aliphatic rings. The van der Waals surface area contributed by atoms with Gasteiger partial charge < -0.3 is 4.42 Å². The summed E-state index contributed by atoms with van der Waals surface area (Å²) in [6, 6.07) is 41.8. The highest BCUT2D eigenvalue weighted by molar-refractivity contribution is 6.21. The van der Waals surface area contributed by atoms with Gasteiger partial charge in [-0.05, 0) is 89.5 Å². The summed E-state index contributed by atoms with van der Waals surface area (Å²) in [6.45, 7) is 13.6. The lowest BCUT2D eigenvalue weighted by atomic mass is 9.88. The summed E-state index contributed by atoms with van der Waals surface area (Å²) in [7, 11) is 2.20. The zero-order valence-electron chi connectivity index (χ0n) is 30.4. The molecule has 6 aromatic carbocycles. The number of aromatic nitrogens is 3. The zero-order valence-corrected chi connectivity index (χ0v) is 30.4. The van der Waals surface area contributed by atoms with Crippen LogP contribution < -0.4 is 4.57 Å². The summed E-state index contributed by atoms with van der Waals surface area (Å²) in [6.07, 6.45) is 0. The third kappa shape index (κ3) is 4.66. The first-order valence-electron chi connectivity index (χ1n) is 18.1. The van der Waals surface area contributed by atoms with Crippen LogP contribution >= 0.6 is 0 Å². The van der Waals surface area contributed by atoms with Gasteiger partial charge in [0.05, 0.1) is 7.05 Å². The molecule has 51 heavy (non-hydrogen) atoms. The summed E-state index contributed by atoms with van der Waals surface area (Å²) in [5.74, 6) is 1.68. The quantitative estimate of drug-likeness (QED) is 0.136. The molecule has 0 saturated heterocycles. The first-order valence-corrected chi connectivity index (χ1v) is 18.1. The van der Waals surface area contributed by atoms with E-state index in [1.807, 2.05) is 0 Å². The van der Waals surface area contributed by atoms with Crippen LogP contribution in [0.4, 0.5) is 0 Å². The summed E-state index contributed by atoms with van der Waals surface area (Å²) in [5.41, 5.74) is 14.6. The number of nitrogens with zero attached hydrogens (tertiary/aromatic N) is 3. The second kappa shape index (κ2) is 11.7. The number of fused-ring (bicyclic) bond motifs is 8. The lowest BCUT2D eigenvalue weighted by Gasteiger charge is -2.21. The Labute approximate surface area is 298 Å². The van der Waals surface area contributed by atoms with Gasteiger partial charge in [-0.25, -0.2) is 9.55 Å². The molecule has 250 valence electrons. The van der Waals surface area contributed by atoms with Crippen LogP contribution in [0.3, 0.4) is 0 Å². The van der Waals surface area contributed by atoms with Crippen molar-refractivity contribution in [3.05, 3.63) is 138 Å². The molecule has 0 spiro atoms. The highest BCUT2D eigenvalue weighted by Crippen LogP contribution is 2.44. The third-order valence-corrected chi connectivity index (χ3v) is 10.8. The Balaban J connectivity index is 1.42. The van der Waals surface area contributed by atoms with E-state index in [2.05, 4.69) is 173 Å². The van der Waals surface area contributed by atoms with Crippen LogP contribution in [0.15, 0.2) is 120 Å². The number of rotatable bonds is 5. The largest absolute Gasteiger partial charge is 0.453 e. The van der Waals surface area contributed by atoms with E-state index in [1.54, 1.807) is 0 Å². The minimum Gasteiger partial charge on any atom is -0.453 e. The van der Waals surface area contributed by atoms with Crippen molar-refractivity contribution < 1.29 is 8.98 Å². The summed E-state index contributed by atoms with van der Waals surface area (Å²) in [4.78, 5) is 5.26. The van der Waals surface area contributed by atoms with Crippen LogP contribution in [0.5, 0.6) is 0 Å². The average Bonchev–Trinajstić information content (AvgIpc) is 3.65. The van der Waals surface area contributed by atoms with Gasteiger partial charge in [0.15, 0.2) is 22.2 Å². The SMILES string of the molecule is Cc1ccc2c(oc3c4ccc5ccccc5c4c(C)nc23)c1-c1n(-c2c(C(C)C)cc(-c3ccccc3)cc2C(C)C)c2ccccc2[n+]1C. The van der Waals surface area contributed by atoms with E-state index in [-0.39, 0.29) is 11.8 Å². The molecule has 4 nitrogen and oxygen atoms in total. The summed E-state index contributed by atoms with van der Waals surface area (Å²) in [5, 5.41) is 5.69. The fraction of sp³-hybridized carbons (Fsp3) is 0.191. The Morgan fingerprint density at radius 3 is 2.06 bits per heavy atom. The highest BCUT2D eigenvalue weighted by Gasteiger charge is 2.34. The van der Waals surface area contributed by atoms with Crippen LogP contribution in [-0.2, 0) is 7.05 Å². The molecule has 0 atom stereocenters. The topological polar surface area (TPSA) is 34.8 Å². The van der Waals surface area contributed by atoms with Gasteiger partial charge in [0.1, 0.15) is 16.8 Å². The average molecular weight is 665 g/mol. The van der Waals surface area contributed by atoms with Crippen molar-refractivity contribution in [1.82, 2.24) is 9.55 Å². The normalized spacial score (nSPS) is 12.2. The van der Waals surface area contributed by atoms with E-state index >= 15 is 0 Å². The Morgan fingerprint density at radius 1 is 0.647 bits per heavy atom. The molecule has 0 N–H and O–H groups in total. The number of para-hydroxylation sites is 2. The predicted molar refractivity (Wildman–Crippen MR) is 213 cm³/mol. The molecule has 0 amide bonds. The van der Waals surface area contributed by atoms with Gasteiger partial charge in [-0.3, -0.25) is 0 Å².